The third-order valence-electron chi connectivity index (χ3n) is 4.97. The summed E-state index contributed by atoms with van der Waals surface area (Å²) in [7, 11) is 0. The summed E-state index contributed by atoms with van der Waals surface area (Å²) < 4.78 is 10.8. The van der Waals surface area contributed by atoms with Crippen molar-refractivity contribution in [2.24, 2.45) is 0 Å². The lowest BCUT2D eigenvalue weighted by Crippen LogP contribution is -2.54. The highest BCUT2D eigenvalue weighted by Gasteiger charge is 2.41. The summed E-state index contributed by atoms with van der Waals surface area (Å²) in [5.74, 6) is 1.97. The Kier molecular flexibility index (Phi) is 3.95. The van der Waals surface area contributed by atoms with Crippen LogP contribution in [0.15, 0.2) is 51.7 Å². The minimum absolute atomic E-state index is 0.00268. The second kappa shape index (κ2) is 6.60. The fraction of sp³-hybridized carbons (Fsp3) is 0.333. The van der Waals surface area contributed by atoms with E-state index in [0.717, 1.165) is 5.76 Å². The van der Waals surface area contributed by atoms with Crippen LogP contribution in [0.1, 0.15) is 30.0 Å². The van der Waals surface area contributed by atoms with Gasteiger partial charge in [0.15, 0.2) is 0 Å². The largest absolute Gasteiger partial charge is 0.468 e. The Morgan fingerprint density at radius 1 is 1.19 bits per heavy atom. The molecule has 5 rings (SSSR count). The van der Waals surface area contributed by atoms with Crippen LogP contribution < -0.4 is 10.9 Å². The molecule has 0 aromatic carbocycles. The molecule has 0 spiro atoms. The van der Waals surface area contributed by atoms with Gasteiger partial charge in [0, 0.05) is 19.3 Å². The van der Waals surface area contributed by atoms with Gasteiger partial charge < -0.3 is 13.8 Å². The van der Waals surface area contributed by atoms with Crippen molar-refractivity contribution in [3.8, 4) is 11.5 Å². The molecule has 3 aromatic rings. The van der Waals surface area contributed by atoms with E-state index in [-0.39, 0.29) is 23.9 Å². The third kappa shape index (κ3) is 3.00. The van der Waals surface area contributed by atoms with Crippen LogP contribution in [0.5, 0.6) is 0 Å². The SMILES string of the molecule is O=C(C1CC(c2ccco2)NN1)N1CC(c2nc(-c3ccccn3)no2)C1. The first kappa shape index (κ1) is 16.2. The molecule has 2 fully saturated rings. The van der Waals surface area contributed by atoms with Crippen molar-refractivity contribution in [2.45, 2.75) is 24.4 Å². The average molecular weight is 366 g/mol. The molecular weight excluding hydrogens is 348 g/mol. The zero-order valence-corrected chi connectivity index (χ0v) is 14.4. The van der Waals surface area contributed by atoms with Gasteiger partial charge in [-0.05, 0) is 30.7 Å². The van der Waals surface area contributed by atoms with E-state index in [1.165, 1.54) is 0 Å². The molecule has 9 nitrogen and oxygen atoms in total. The van der Waals surface area contributed by atoms with Crippen LogP contribution >= 0.6 is 0 Å². The highest BCUT2D eigenvalue weighted by molar-refractivity contribution is 5.83. The second-order valence-electron chi connectivity index (χ2n) is 6.76. The average Bonchev–Trinajstić information content (AvgIpc) is 3.41. The fourth-order valence-electron chi connectivity index (χ4n) is 3.43. The summed E-state index contributed by atoms with van der Waals surface area (Å²) in [5, 5.41) is 3.99. The van der Waals surface area contributed by atoms with Gasteiger partial charge in [0.05, 0.1) is 18.2 Å². The van der Waals surface area contributed by atoms with Gasteiger partial charge in [0.1, 0.15) is 17.5 Å². The number of amides is 1. The summed E-state index contributed by atoms with van der Waals surface area (Å²) in [5.41, 5.74) is 6.85. The van der Waals surface area contributed by atoms with E-state index in [4.69, 9.17) is 8.94 Å². The van der Waals surface area contributed by atoms with E-state index in [0.29, 0.717) is 36.9 Å². The summed E-state index contributed by atoms with van der Waals surface area (Å²) in [6.45, 7) is 1.15. The number of hydrogen-bond donors (Lipinski definition) is 2. The molecule has 2 unspecified atom stereocenters. The predicted octanol–water partition coefficient (Wildman–Crippen LogP) is 1.26. The van der Waals surface area contributed by atoms with E-state index in [1.54, 1.807) is 17.4 Å². The van der Waals surface area contributed by atoms with Crippen molar-refractivity contribution in [1.82, 2.24) is 30.9 Å². The Hall–Kier alpha value is -3.04. The second-order valence-corrected chi connectivity index (χ2v) is 6.76. The number of rotatable bonds is 4. The molecule has 0 bridgehead atoms. The van der Waals surface area contributed by atoms with Crippen LogP contribution in [0.25, 0.3) is 11.5 Å². The maximum Gasteiger partial charge on any atom is 0.241 e. The van der Waals surface area contributed by atoms with E-state index < -0.39 is 0 Å². The molecule has 2 aliphatic rings. The molecule has 27 heavy (non-hydrogen) atoms. The Balaban J connectivity index is 1.18. The Labute approximate surface area is 154 Å². The number of carbonyl (C=O) groups excluding carboxylic acids is 1. The van der Waals surface area contributed by atoms with Crippen molar-refractivity contribution < 1.29 is 13.7 Å². The lowest BCUT2D eigenvalue weighted by molar-refractivity contribution is -0.138. The van der Waals surface area contributed by atoms with E-state index >= 15 is 0 Å². The smallest absolute Gasteiger partial charge is 0.241 e. The van der Waals surface area contributed by atoms with Gasteiger partial charge >= 0.3 is 0 Å². The van der Waals surface area contributed by atoms with Crippen molar-refractivity contribution >= 4 is 5.91 Å². The molecule has 2 saturated heterocycles. The van der Waals surface area contributed by atoms with Crippen LogP contribution in [-0.4, -0.2) is 45.1 Å². The first-order valence-corrected chi connectivity index (χ1v) is 8.86. The first-order chi connectivity index (χ1) is 13.3. The number of nitrogens with one attached hydrogen (secondary N) is 2. The molecule has 0 aliphatic carbocycles. The highest BCUT2D eigenvalue weighted by Crippen LogP contribution is 2.30. The quantitative estimate of drug-likeness (QED) is 0.710. The molecule has 2 aliphatic heterocycles. The standard InChI is InChI=1S/C18H18N6O3/c25-18(14-8-13(21-22-14)15-5-3-7-26-15)24-9-11(10-24)17-20-16(23-27-17)12-4-1-2-6-19-12/h1-7,11,13-14,21-22H,8-10H2. The van der Waals surface area contributed by atoms with Gasteiger partial charge in [0.2, 0.25) is 17.6 Å². The van der Waals surface area contributed by atoms with E-state index in [2.05, 4.69) is 26.0 Å². The van der Waals surface area contributed by atoms with Crippen molar-refractivity contribution in [3.63, 3.8) is 0 Å². The lowest BCUT2D eigenvalue weighted by atomic mass is 9.97. The lowest BCUT2D eigenvalue weighted by Gasteiger charge is -2.38. The maximum atomic E-state index is 12.7. The number of hydrazine groups is 1. The summed E-state index contributed by atoms with van der Waals surface area (Å²) in [4.78, 5) is 23.1. The van der Waals surface area contributed by atoms with Crippen molar-refractivity contribution in [2.75, 3.05) is 13.1 Å². The third-order valence-corrected chi connectivity index (χ3v) is 4.97. The Morgan fingerprint density at radius 2 is 2.11 bits per heavy atom. The van der Waals surface area contributed by atoms with Gasteiger partial charge in [-0.25, -0.2) is 10.9 Å². The zero-order valence-electron chi connectivity index (χ0n) is 14.4. The van der Waals surface area contributed by atoms with E-state index in [9.17, 15) is 4.79 Å². The molecule has 2 N–H and O–H groups in total. The summed E-state index contributed by atoms with van der Waals surface area (Å²) >= 11 is 0. The topological polar surface area (TPSA) is 109 Å². The molecule has 9 heteroatoms. The van der Waals surface area contributed by atoms with Gasteiger partial charge in [-0.3, -0.25) is 9.78 Å². The number of furan rings is 1. The molecule has 5 heterocycles. The minimum atomic E-state index is -0.271. The number of likely N-dealkylation sites (tertiary alicyclic amines) is 1. The number of hydrogen-bond acceptors (Lipinski definition) is 8. The van der Waals surface area contributed by atoms with Crippen LogP contribution in [0.4, 0.5) is 0 Å². The maximum absolute atomic E-state index is 12.7. The molecule has 0 saturated carbocycles. The number of carbonyl (C=O) groups is 1. The predicted molar refractivity (Wildman–Crippen MR) is 93.0 cm³/mol. The monoisotopic (exact) mass is 366 g/mol. The molecule has 3 aromatic heterocycles. The zero-order chi connectivity index (χ0) is 18.2. The Bertz CT molecular complexity index is 920. The normalized spacial score (nSPS) is 22.7. The van der Waals surface area contributed by atoms with E-state index in [1.807, 2.05) is 30.3 Å². The van der Waals surface area contributed by atoms with Crippen LogP contribution in [0.2, 0.25) is 0 Å². The van der Waals surface area contributed by atoms with Crippen LogP contribution in [0.3, 0.4) is 0 Å². The van der Waals surface area contributed by atoms with Crippen molar-refractivity contribution in [1.29, 1.82) is 0 Å². The van der Waals surface area contributed by atoms with Crippen LogP contribution in [-0.2, 0) is 4.79 Å². The minimum Gasteiger partial charge on any atom is -0.468 e. The summed E-state index contributed by atoms with van der Waals surface area (Å²) in [6, 6.07) is 9.02. The Morgan fingerprint density at radius 3 is 2.89 bits per heavy atom. The first-order valence-electron chi connectivity index (χ1n) is 8.86. The number of aromatic nitrogens is 3. The van der Waals surface area contributed by atoms with Gasteiger partial charge in [-0.15, -0.1) is 0 Å². The summed E-state index contributed by atoms with van der Waals surface area (Å²) in [6.07, 6.45) is 3.97. The molecule has 0 radical (unpaired) electrons. The van der Waals surface area contributed by atoms with Crippen molar-refractivity contribution in [3.05, 3.63) is 54.4 Å². The van der Waals surface area contributed by atoms with Gasteiger partial charge in [0.25, 0.3) is 0 Å². The number of nitrogens with zero attached hydrogens (tertiary/aromatic N) is 4. The fourth-order valence-corrected chi connectivity index (χ4v) is 3.43. The molecule has 1 amide bonds. The van der Waals surface area contributed by atoms with Crippen LogP contribution in [0, 0.1) is 0 Å². The van der Waals surface area contributed by atoms with Gasteiger partial charge in [-0.2, -0.15) is 4.98 Å². The highest BCUT2D eigenvalue weighted by atomic mass is 16.5. The molecular formula is C18H18N6O3. The molecule has 2 atom stereocenters. The van der Waals surface area contributed by atoms with Gasteiger partial charge in [-0.1, -0.05) is 11.2 Å². The number of pyridine rings is 1. The molecule has 138 valence electrons.